The van der Waals surface area contributed by atoms with Gasteiger partial charge in [0.25, 0.3) is 0 Å². The third kappa shape index (κ3) is 2.72. The predicted molar refractivity (Wildman–Crippen MR) is 75.0 cm³/mol. The van der Waals surface area contributed by atoms with Crippen molar-refractivity contribution in [2.45, 2.75) is 5.16 Å². The molecule has 0 saturated heterocycles. The van der Waals surface area contributed by atoms with Crippen molar-refractivity contribution in [3.8, 4) is 22.9 Å². The lowest BCUT2D eigenvalue weighted by atomic mass is 10.2. The zero-order valence-corrected chi connectivity index (χ0v) is 11.7. The average Bonchev–Trinajstić information content (AvgIpc) is 2.85. The highest BCUT2D eigenvalue weighted by Gasteiger charge is 2.17. The van der Waals surface area contributed by atoms with Crippen LogP contribution < -0.4 is 15.3 Å². The normalized spacial score (nSPS) is 13.1. The van der Waals surface area contributed by atoms with Crippen molar-refractivity contribution in [3.05, 3.63) is 18.2 Å². The Morgan fingerprint density at radius 3 is 2.86 bits per heavy atom. The number of carboxylic acid groups (broad SMARTS) is 1. The SMILES string of the molecule is Nn1c(SCC(=O)O)nnc1-c1ccc2c(c1)OCCO2. The third-order valence-electron chi connectivity index (χ3n) is 2.79. The van der Waals surface area contributed by atoms with Crippen molar-refractivity contribution in [3.63, 3.8) is 0 Å². The van der Waals surface area contributed by atoms with Gasteiger partial charge in [0.1, 0.15) is 13.2 Å². The van der Waals surface area contributed by atoms with Crippen LogP contribution in [0.3, 0.4) is 0 Å². The fraction of sp³-hybridized carbons (Fsp3) is 0.250. The quantitative estimate of drug-likeness (QED) is 0.624. The van der Waals surface area contributed by atoms with Crippen molar-refractivity contribution in [2.24, 2.45) is 0 Å². The van der Waals surface area contributed by atoms with Crippen molar-refractivity contribution in [1.82, 2.24) is 14.9 Å². The average molecular weight is 308 g/mol. The Hall–Kier alpha value is -2.42. The van der Waals surface area contributed by atoms with Crippen LogP contribution >= 0.6 is 11.8 Å². The number of thioether (sulfide) groups is 1. The summed E-state index contributed by atoms with van der Waals surface area (Å²) in [6.07, 6.45) is 0. The molecule has 0 atom stereocenters. The van der Waals surface area contributed by atoms with Gasteiger partial charge in [-0.15, -0.1) is 10.2 Å². The van der Waals surface area contributed by atoms with Crippen molar-refractivity contribution < 1.29 is 19.4 Å². The molecule has 0 aliphatic carbocycles. The zero-order chi connectivity index (χ0) is 14.8. The lowest BCUT2D eigenvalue weighted by molar-refractivity contribution is -0.133. The van der Waals surface area contributed by atoms with Gasteiger partial charge in [-0.3, -0.25) is 4.79 Å². The van der Waals surface area contributed by atoms with E-state index < -0.39 is 5.97 Å². The maximum absolute atomic E-state index is 10.6. The summed E-state index contributed by atoms with van der Waals surface area (Å²) >= 11 is 1.01. The fourth-order valence-corrected chi connectivity index (χ4v) is 2.46. The highest BCUT2D eigenvalue weighted by atomic mass is 32.2. The molecule has 2 heterocycles. The molecule has 8 nitrogen and oxygen atoms in total. The van der Waals surface area contributed by atoms with Crippen LogP contribution in [0.2, 0.25) is 0 Å². The number of hydrogen-bond donors (Lipinski definition) is 2. The molecule has 0 bridgehead atoms. The number of carboxylic acids is 1. The molecular weight excluding hydrogens is 296 g/mol. The Balaban J connectivity index is 1.88. The van der Waals surface area contributed by atoms with Crippen molar-refractivity contribution in [2.75, 3.05) is 24.8 Å². The van der Waals surface area contributed by atoms with E-state index in [2.05, 4.69) is 10.2 Å². The van der Waals surface area contributed by atoms with Gasteiger partial charge in [-0.05, 0) is 18.2 Å². The van der Waals surface area contributed by atoms with Crippen LogP contribution in [-0.4, -0.2) is 44.9 Å². The number of fused-ring (bicyclic) bond motifs is 1. The number of aromatic nitrogens is 3. The number of benzene rings is 1. The van der Waals surface area contributed by atoms with Gasteiger partial charge in [0.05, 0.1) is 5.75 Å². The lowest BCUT2D eigenvalue weighted by Crippen LogP contribution is -2.16. The maximum Gasteiger partial charge on any atom is 0.313 e. The lowest BCUT2D eigenvalue weighted by Gasteiger charge is -2.18. The van der Waals surface area contributed by atoms with E-state index in [1.54, 1.807) is 18.2 Å². The minimum atomic E-state index is -0.941. The first-order valence-corrected chi connectivity index (χ1v) is 7.09. The number of carbonyl (C=O) groups is 1. The van der Waals surface area contributed by atoms with E-state index in [0.717, 1.165) is 17.3 Å². The Morgan fingerprint density at radius 1 is 1.33 bits per heavy atom. The summed E-state index contributed by atoms with van der Waals surface area (Å²) in [6, 6.07) is 5.35. The zero-order valence-electron chi connectivity index (χ0n) is 10.9. The van der Waals surface area contributed by atoms with E-state index in [1.165, 1.54) is 4.68 Å². The second-order valence-corrected chi connectivity index (χ2v) is 5.16. The first-order chi connectivity index (χ1) is 10.1. The molecule has 2 aromatic rings. The molecule has 1 aliphatic rings. The summed E-state index contributed by atoms with van der Waals surface area (Å²) in [6.45, 7) is 1.01. The monoisotopic (exact) mass is 308 g/mol. The Morgan fingerprint density at radius 2 is 2.10 bits per heavy atom. The molecule has 3 rings (SSSR count). The number of nitrogens with two attached hydrogens (primary N) is 1. The second-order valence-electron chi connectivity index (χ2n) is 4.22. The second kappa shape index (κ2) is 5.52. The number of nitrogen functional groups attached to an aromatic ring is 1. The summed E-state index contributed by atoms with van der Waals surface area (Å²) in [4.78, 5) is 10.6. The molecule has 0 saturated carbocycles. The molecule has 0 amide bonds. The number of hydrogen-bond acceptors (Lipinski definition) is 7. The van der Waals surface area contributed by atoms with Crippen LogP contribution in [0.1, 0.15) is 0 Å². The Labute approximate surface area is 123 Å². The van der Waals surface area contributed by atoms with Gasteiger partial charge in [0.15, 0.2) is 17.3 Å². The largest absolute Gasteiger partial charge is 0.486 e. The highest BCUT2D eigenvalue weighted by molar-refractivity contribution is 7.99. The van der Waals surface area contributed by atoms with Crippen LogP contribution in [0.5, 0.6) is 11.5 Å². The van der Waals surface area contributed by atoms with E-state index in [1.807, 2.05) is 0 Å². The molecule has 1 aromatic heterocycles. The summed E-state index contributed by atoms with van der Waals surface area (Å²) < 4.78 is 12.2. The first kappa shape index (κ1) is 13.6. The molecule has 0 unspecified atom stereocenters. The fourth-order valence-electron chi connectivity index (χ4n) is 1.88. The summed E-state index contributed by atoms with van der Waals surface area (Å²) in [5.74, 6) is 6.57. The topological polar surface area (TPSA) is 112 Å². The summed E-state index contributed by atoms with van der Waals surface area (Å²) in [5, 5.41) is 16.9. The van der Waals surface area contributed by atoms with Crippen molar-refractivity contribution in [1.29, 1.82) is 0 Å². The molecule has 21 heavy (non-hydrogen) atoms. The molecule has 110 valence electrons. The maximum atomic E-state index is 10.6. The minimum absolute atomic E-state index is 0.128. The molecule has 0 spiro atoms. The van der Waals surface area contributed by atoms with Crippen molar-refractivity contribution >= 4 is 17.7 Å². The Kier molecular flexibility index (Phi) is 3.57. The smallest absolute Gasteiger partial charge is 0.313 e. The van der Waals surface area contributed by atoms with E-state index in [9.17, 15) is 4.79 Å². The van der Waals surface area contributed by atoms with Crippen LogP contribution in [0.4, 0.5) is 0 Å². The molecule has 1 aromatic carbocycles. The van der Waals surface area contributed by atoms with Gasteiger partial charge >= 0.3 is 5.97 Å². The number of nitrogens with zero attached hydrogens (tertiary/aromatic N) is 3. The molecule has 9 heteroatoms. The molecular formula is C12H12N4O4S. The highest BCUT2D eigenvalue weighted by Crippen LogP contribution is 2.34. The first-order valence-electron chi connectivity index (χ1n) is 6.10. The minimum Gasteiger partial charge on any atom is -0.486 e. The van der Waals surface area contributed by atoms with Gasteiger partial charge in [-0.2, -0.15) is 0 Å². The molecule has 0 radical (unpaired) electrons. The third-order valence-corrected chi connectivity index (χ3v) is 3.72. The predicted octanol–water partition coefficient (Wildman–Crippen LogP) is 0.607. The number of rotatable bonds is 4. The van der Waals surface area contributed by atoms with E-state index in [0.29, 0.717) is 35.7 Å². The molecule has 1 aliphatic heterocycles. The number of ether oxygens (including phenoxy) is 2. The van der Waals surface area contributed by atoms with Gasteiger partial charge in [-0.1, -0.05) is 11.8 Å². The molecule has 0 fully saturated rings. The van der Waals surface area contributed by atoms with Crippen LogP contribution in [0.15, 0.2) is 23.4 Å². The summed E-state index contributed by atoms with van der Waals surface area (Å²) in [7, 11) is 0. The van der Waals surface area contributed by atoms with Gasteiger partial charge in [0, 0.05) is 5.56 Å². The van der Waals surface area contributed by atoms with Crippen LogP contribution in [0.25, 0.3) is 11.4 Å². The van der Waals surface area contributed by atoms with Crippen LogP contribution in [0, 0.1) is 0 Å². The van der Waals surface area contributed by atoms with E-state index >= 15 is 0 Å². The van der Waals surface area contributed by atoms with E-state index in [-0.39, 0.29) is 5.75 Å². The Bertz CT molecular complexity index is 688. The molecule has 3 N–H and O–H groups in total. The number of aliphatic carboxylic acids is 1. The van der Waals surface area contributed by atoms with Gasteiger partial charge in [0.2, 0.25) is 5.16 Å². The standard InChI is InChI=1S/C12H12N4O4S/c13-16-11(14-15-12(16)21-6-10(17)18)7-1-2-8-9(5-7)20-4-3-19-8/h1-2,5H,3-4,6,13H2,(H,17,18). The van der Waals surface area contributed by atoms with Gasteiger partial charge in [-0.25, -0.2) is 4.68 Å². The van der Waals surface area contributed by atoms with E-state index in [4.69, 9.17) is 20.4 Å². The summed E-state index contributed by atoms with van der Waals surface area (Å²) in [5.41, 5.74) is 0.719. The van der Waals surface area contributed by atoms with Crippen LogP contribution in [-0.2, 0) is 4.79 Å². The van der Waals surface area contributed by atoms with Gasteiger partial charge < -0.3 is 20.4 Å².